The van der Waals surface area contributed by atoms with Gasteiger partial charge in [0.2, 0.25) is 0 Å². The molecule has 0 spiro atoms. The van der Waals surface area contributed by atoms with Gasteiger partial charge in [0.15, 0.2) is 0 Å². The maximum atomic E-state index is 13.0. The average Bonchev–Trinajstić information content (AvgIpc) is 2.71. The van der Waals surface area contributed by atoms with E-state index in [-0.39, 0.29) is 23.9 Å². The maximum Gasteiger partial charge on any atom is 0.315 e. The van der Waals surface area contributed by atoms with E-state index in [1.807, 2.05) is 43.3 Å². The van der Waals surface area contributed by atoms with Crippen LogP contribution in [0.4, 0.5) is 9.18 Å². The molecule has 1 atom stereocenters. The highest BCUT2D eigenvalue weighted by molar-refractivity contribution is 5.74. The fourth-order valence-electron chi connectivity index (χ4n) is 3.61. The lowest BCUT2D eigenvalue weighted by atomic mass is 10.0. The number of ether oxygens (including phenoxy) is 1. The largest absolute Gasteiger partial charge is 0.496 e. The first kappa shape index (κ1) is 20.1. The second-order valence-corrected chi connectivity index (χ2v) is 7.26. The summed E-state index contributed by atoms with van der Waals surface area (Å²) < 4.78 is 18.4. The molecule has 1 aliphatic rings. The number of carbonyl (C=O) groups is 1. The van der Waals surface area contributed by atoms with Crippen molar-refractivity contribution in [3.8, 4) is 5.75 Å². The molecule has 1 heterocycles. The Labute approximate surface area is 165 Å². The van der Waals surface area contributed by atoms with Gasteiger partial charge in [-0.05, 0) is 43.5 Å². The fraction of sp³-hybridized carbons (Fsp3) is 0.409. The molecule has 5 nitrogen and oxygen atoms in total. The number of halogens is 1. The Balaban J connectivity index is 1.44. The molecule has 1 fully saturated rings. The first-order valence-electron chi connectivity index (χ1n) is 9.72. The van der Waals surface area contributed by atoms with Gasteiger partial charge >= 0.3 is 6.03 Å². The summed E-state index contributed by atoms with van der Waals surface area (Å²) in [7, 11) is 1.63. The summed E-state index contributed by atoms with van der Waals surface area (Å²) in [4.78, 5) is 14.7. The van der Waals surface area contributed by atoms with Crippen molar-refractivity contribution in [3.63, 3.8) is 0 Å². The molecule has 0 aromatic heterocycles. The number of hydrogen-bond acceptors (Lipinski definition) is 3. The minimum atomic E-state index is -0.208. The number of amides is 2. The number of benzene rings is 2. The van der Waals surface area contributed by atoms with E-state index in [1.165, 1.54) is 12.1 Å². The number of carbonyl (C=O) groups excluding carboxylic acids is 1. The predicted molar refractivity (Wildman–Crippen MR) is 108 cm³/mol. The molecule has 2 aromatic rings. The maximum absolute atomic E-state index is 13.0. The van der Waals surface area contributed by atoms with Crippen LogP contribution < -0.4 is 15.4 Å². The standard InChI is InChI=1S/C22H28FN3O2/c1-16(20-5-3-4-6-21(20)28-2)24-22(27)25-19-11-13-26(14-12-19)15-17-7-9-18(23)10-8-17/h3-10,16,19H,11-15H2,1-2H3,(H2,24,25,27)/t16-/m0/s1. The highest BCUT2D eigenvalue weighted by atomic mass is 19.1. The molecule has 0 aliphatic carbocycles. The third-order valence-corrected chi connectivity index (χ3v) is 5.20. The third kappa shape index (κ3) is 5.45. The number of rotatable bonds is 6. The Morgan fingerprint density at radius 2 is 1.86 bits per heavy atom. The van der Waals surface area contributed by atoms with Crippen molar-refractivity contribution >= 4 is 6.03 Å². The normalized spacial score (nSPS) is 16.4. The summed E-state index contributed by atoms with van der Waals surface area (Å²) >= 11 is 0. The Bertz CT molecular complexity index is 774. The molecule has 0 bridgehead atoms. The summed E-state index contributed by atoms with van der Waals surface area (Å²) in [5, 5.41) is 6.08. The van der Waals surface area contributed by atoms with Crippen LogP contribution in [-0.4, -0.2) is 37.2 Å². The highest BCUT2D eigenvalue weighted by Gasteiger charge is 2.22. The van der Waals surface area contributed by atoms with Crippen molar-refractivity contribution < 1.29 is 13.9 Å². The molecule has 0 saturated carbocycles. The lowest BCUT2D eigenvalue weighted by Crippen LogP contribution is -2.48. The molecule has 3 rings (SSSR count). The molecule has 2 amide bonds. The zero-order valence-electron chi connectivity index (χ0n) is 16.5. The second-order valence-electron chi connectivity index (χ2n) is 7.26. The van der Waals surface area contributed by atoms with Crippen molar-refractivity contribution in [2.75, 3.05) is 20.2 Å². The van der Waals surface area contributed by atoms with Crippen LogP contribution in [0.5, 0.6) is 5.75 Å². The second kappa shape index (κ2) is 9.55. The van der Waals surface area contributed by atoms with Gasteiger partial charge in [0.25, 0.3) is 0 Å². The molecule has 28 heavy (non-hydrogen) atoms. The first-order chi connectivity index (χ1) is 13.5. The number of methoxy groups -OCH3 is 1. The van der Waals surface area contributed by atoms with Gasteiger partial charge < -0.3 is 15.4 Å². The number of likely N-dealkylation sites (tertiary alicyclic amines) is 1. The van der Waals surface area contributed by atoms with Crippen LogP contribution in [-0.2, 0) is 6.54 Å². The zero-order valence-corrected chi connectivity index (χ0v) is 16.5. The predicted octanol–water partition coefficient (Wildman–Crippen LogP) is 3.86. The van der Waals surface area contributed by atoms with Gasteiger partial charge in [-0.3, -0.25) is 4.90 Å². The SMILES string of the molecule is COc1ccccc1[C@H](C)NC(=O)NC1CCN(Cc2ccc(F)cc2)CC1. The summed E-state index contributed by atoms with van der Waals surface area (Å²) in [6.45, 7) is 4.57. The van der Waals surface area contributed by atoms with E-state index < -0.39 is 0 Å². The molecule has 150 valence electrons. The molecule has 1 aliphatic heterocycles. The van der Waals surface area contributed by atoms with Crippen molar-refractivity contribution in [1.29, 1.82) is 0 Å². The number of urea groups is 1. The summed E-state index contributed by atoms with van der Waals surface area (Å²) in [5.41, 5.74) is 2.06. The van der Waals surface area contributed by atoms with Crippen LogP contribution in [0.25, 0.3) is 0 Å². The van der Waals surface area contributed by atoms with Gasteiger partial charge in [0, 0.05) is 31.2 Å². The van der Waals surface area contributed by atoms with Gasteiger partial charge in [-0.1, -0.05) is 30.3 Å². The Morgan fingerprint density at radius 1 is 1.18 bits per heavy atom. The van der Waals surface area contributed by atoms with E-state index in [0.29, 0.717) is 0 Å². The van der Waals surface area contributed by atoms with Crippen LogP contribution in [0.2, 0.25) is 0 Å². The molecular weight excluding hydrogens is 357 g/mol. The average molecular weight is 385 g/mol. The van der Waals surface area contributed by atoms with Crippen LogP contribution >= 0.6 is 0 Å². The zero-order chi connectivity index (χ0) is 19.9. The molecule has 0 radical (unpaired) electrons. The van der Waals surface area contributed by atoms with E-state index in [9.17, 15) is 9.18 Å². The van der Waals surface area contributed by atoms with E-state index >= 15 is 0 Å². The molecule has 2 aromatic carbocycles. The quantitative estimate of drug-likeness (QED) is 0.794. The topological polar surface area (TPSA) is 53.6 Å². The van der Waals surface area contributed by atoms with E-state index in [0.717, 1.165) is 49.4 Å². The Morgan fingerprint density at radius 3 is 2.54 bits per heavy atom. The van der Waals surface area contributed by atoms with E-state index in [2.05, 4.69) is 15.5 Å². The van der Waals surface area contributed by atoms with Crippen molar-refractivity contribution in [2.24, 2.45) is 0 Å². The van der Waals surface area contributed by atoms with Gasteiger partial charge in [-0.15, -0.1) is 0 Å². The first-order valence-corrected chi connectivity index (χ1v) is 9.72. The minimum absolute atomic E-state index is 0.144. The fourth-order valence-corrected chi connectivity index (χ4v) is 3.61. The van der Waals surface area contributed by atoms with Crippen molar-refractivity contribution in [3.05, 3.63) is 65.5 Å². The Hall–Kier alpha value is -2.60. The minimum Gasteiger partial charge on any atom is -0.496 e. The lowest BCUT2D eigenvalue weighted by molar-refractivity contribution is 0.186. The molecule has 6 heteroatoms. The Kier molecular flexibility index (Phi) is 6.87. The highest BCUT2D eigenvalue weighted by Crippen LogP contribution is 2.24. The van der Waals surface area contributed by atoms with E-state index in [1.54, 1.807) is 7.11 Å². The van der Waals surface area contributed by atoms with Crippen molar-refractivity contribution in [2.45, 2.75) is 38.4 Å². The van der Waals surface area contributed by atoms with Crippen LogP contribution in [0.1, 0.15) is 36.9 Å². The lowest BCUT2D eigenvalue weighted by Gasteiger charge is -2.32. The van der Waals surface area contributed by atoms with Crippen LogP contribution in [0.3, 0.4) is 0 Å². The molecular formula is C22H28FN3O2. The van der Waals surface area contributed by atoms with Gasteiger partial charge in [-0.2, -0.15) is 0 Å². The number of hydrogen-bond donors (Lipinski definition) is 2. The monoisotopic (exact) mass is 385 g/mol. The number of nitrogens with one attached hydrogen (secondary N) is 2. The van der Waals surface area contributed by atoms with Crippen LogP contribution in [0, 0.1) is 5.82 Å². The smallest absolute Gasteiger partial charge is 0.315 e. The molecule has 0 unspecified atom stereocenters. The summed E-state index contributed by atoms with van der Waals surface area (Å²) in [5.74, 6) is 0.560. The van der Waals surface area contributed by atoms with Crippen molar-refractivity contribution in [1.82, 2.24) is 15.5 Å². The molecule has 2 N–H and O–H groups in total. The van der Waals surface area contributed by atoms with Gasteiger partial charge in [0.05, 0.1) is 13.2 Å². The third-order valence-electron chi connectivity index (χ3n) is 5.20. The summed E-state index contributed by atoms with van der Waals surface area (Å²) in [6, 6.07) is 14.2. The molecule has 1 saturated heterocycles. The van der Waals surface area contributed by atoms with Crippen LogP contribution in [0.15, 0.2) is 48.5 Å². The van der Waals surface area contributed by atoms with Gasteiger partial charge in [-0.25, -0.2) is 9.18 Å². The number of para-hydroxylation sites is 1. The number of nitrogens with zero attached hydrogens (tertiary/aromatic N) is 1. The van der Waals surface area contributed by atoms with Gasteiger partial charge in [0.1, 0.15) is 11.6 Å². The number of piperidine rings is 1. The summed E-state index contributed by atoms with van der Waals surface area (Å²) in [6.07, 6.45) is 1.80. The van der Waals surface area contributed by atoms with E-state index in [4.69, 9.17) is 4.74 Å².